The Morgan fingerprint density at radius 3 is 2.15 bits per heavy atom. The van der Waals surface area contributed by atoms with Crippen molar-refractivity contribution < 1.29 is 23.0 Å². The summed E-state index contributed by atoms with van der Waals surface area (Å²) in [6.07, 6.45) is 1.26. The summed E-state index contributed by atoms with van der Waals surface area (Å²) in [5.74, 6) is -3.04. The fourth-order valence-electron chi connectivity index (χ4n) is 2.87. The lowest BCUT2D eigenvalue weighted by Gasteiger charge is -2.10. The molecule has 3 aromatic rings. The summed E-state index contributed by atoms with van der Waals surface area (Å²) >= 11 is 0. The van der Waals surface area contributed by atoms with E-state index in [-0.39, 0.29) is 23.7 Å². The van der Waals surface area contributed by atoms with Gasteiger partial charge in [-0.05, 0) is 60.7 Å². The van der Waals surface area contributed by atoms with Crippen LogP contribution >= 0.6 is 0 Å². The highest BCUT2D eigenvalue weighted by molar-refractivity contribution is 5.65. The van der Waals surface area contributed by atoms with Crippen LogP contribution in [0.5, 0.6) is 11.5 Å². The first-order valence-corrected chi connectivity index (χ1v) is 8.67. The second-order valence-corrected chi connectivity index (χ2v) is 6.15. The maximum atomic E-state index is 14.3. The summed E-state index contributed by atoms with van der Waals surface area (Å²) in [6, 6.07) is 14.3. The molecule has 5 heteroatoms. The topological polar surface area (TPSA) is 29.5 Å². The van der Waals surface area contributed by atoms with Crippen LogP contribution in [0.4, 0.5) is 13.2 Å². The number of aryl methyl sites for hydroxylation is 2. The number of phenols is 1. The molecule has 0 unspecified atom stereocenters. The number of phenolic OH excluding ortho intramolecular Hbond substituents is 1. The van der Waals surface area contributed by atoms with Crippen LogP contribution in [-0.2, 0) is 12.8 Å². The number of aromatic hydroxyl groups is 1. The van der Waals surface area contributed by atoms with Crippen LogP contribution in [0, 0.1) is 17.5 Å². The van der Waals surface area contributed by atoms with Gasteiger partial charge in [0, 0.05) is 5.56 Å². The summed E-state index contributed by atoms with van der Waals surface area (Å²) < 4.78 is 46.8. The first-order valence-electron chi connectivity index (χ1n) is 8.67. The van der Waals surface area contributed by atoms with E-state index in [9.17, 15) is 18.3 Å². The van der Waals surface area contributed by atoms with E-state index in [4.69, 9.17) is 4.74 Å². The Morgan fingerprint density at radius 2 is 1.48 bits per heavy atom. The molecule has 0 heterocycles. The SMILES string of the molecule is CCOc1ccc(-c2ccc(CCc3ccc(O)c(F)c3)cc2)c(F)c1F. The lowest BCUT2D eigenvalue weighted by Crippen LogP contribution is -1.98. The highest BCUT2D eigenvalue weighted by Crippen LogP contribution is 2.30. The first-order chi connectivity index (χ1) is 13.0. The van der Waals surface area contributed by atoms with Crippen LogP contribution in [0.3, 0.4) is 0 Å². The lowest BCUT2D eigenvalue weighted by molar-refractivity contribution is 0.314. The molecular weight excluding hydrogens is 353 g/mol. The van der Waals surface area contributed by atoms with Crippen molar-refractivity contribution in [3.05, 3.63) is 83.2 Å². The van der Waals surface area contributed by atoms with Gasteiger partial charge in [0.25, 0.3) is 0 Å². The Morgan fingerprint density at radius 1 is 0.815 bits per heavy atom. The normalized spacial score (nSPS) is 10.8. The van der Waals surface area contributed by atoms with E-state index in [1.165, 1.54) is 24.3 Å². The average Bonchev–Trinajstić information content (AvgIpc) is 2.67. The van der Waals surface area contributed by atoms with Gasteiger partial charge in [-0.15, -0.1) is 0 Å². The smallest absolute Gasteiger partial charge is 0.201 e. The van der Waals surface area contributed by atoms with E-state index in [0.717, 1.165) is 11.1 Å². The molecule has 140 valence electrons. The molecule has 3 aromatic carbocycles. The molecule has 0 aliphatic heterocycles. The molecule has 27 heavy (non-hydrogen) atoms. The number of benzene rings is 3. The zero-order chi connectivity index (χ0) is 19.4. The van der Waals surface area contributed by atoms with Gasteiger partial charge in [0.05, 0.1) is 6.61 Å². The summed E-state index contributed by atoms with van der Waals surface area (Å²) in [7, 11) is 0. The highest BCUT2D eigenvalue weighted by Gasteiger charge is 2.15. The van der Waals surface area contributed by atoms with E-state index >= 15 is 0 Å². The van der Waals surface area contributed by atoms with Crippen molar-refractivity contribution in [2.45, 2.75) is 19.8 Å². The average molecular weight is 372 g/mol. The molecule has 0 aliphatic carbocycles. The quantitative estimate of drug-likeness (QED) is 0.605. The van der Waals surface area contributed by atoms with Crippen molar-refractivity contribution in [1.29, 1.82) is 0 Å². The van der Waals surface area contributed by atoms with Gasteiger partial charge in [-0.2, -0.15) is 4.39 Å². The van der Waals surface area contributed by atoms with Gasteiger partial charge in [-0.3, -0.25) is 0 Å². The molecule has 0 aliphatic rings. The molecule has 0 amide bonds. The fourth-order valence-corrected chi connectivity index (χ4v) is 2.87. The van der Waals surface area contributed by atoms with Gasteiger partial charge in [-0.25, -0.2) is 8.78 Å². The minimum atomic E-state index is -0.993. The second-order valence-electron chi connectivity index (χ2n) is 6.15. The van der Waals surface area contributed by atoms with Crippen molar-refractivity contribution in [2.24, 2.45) is 0 Å². The van der Waals surface area contributed by atoms with Crippen LogP contribution < -0.4 is 4.74 Å². The van der Waals surface area contributed by atoms with Crippen molar-refractivity contribution in [1.82, 2.24) is 0 Å². The van der Waals surface area contributed by atoms with Crippen LogP contribution in [0.1, 0.15) is 18.1 Å². The van der Waals surface area contributed by atoms with E-state index < -0.39 is 17.5 Å². The third kappa shape index (κ3) is 4.25. The Bertz CT molecular complexity index is 937. The van der Waals surface area contributed by atoms with E-state index in [1.807, 2.05) is 12.1 Å². The Hall–Kier alpha value is -2.95. The fraction of sp³-hybridized carbons (Fsp3) is 0.182. The molecule has 0 bridgehead atoms. The van der Waals surface area contributed by atoms with E-state index in [2.05, 4.69) is 0 Å². The second kappa shape index (κ2) is 8.16. The third-order valence-corrected chi connectivity index (χ3v) is 4.33. The van der Waals surface area contributed by atoms with Crippen LogP contribution in [-0.4, -0.2) is 11.7 Å². The van der Waals surface area contributed by atoms with Gasteiger partial charge in [-0.1, -0.05) is 30.3 Å². The van der Waals surface area contributed by atoms with Gasteiger partial charge in [0.2, 0.25) is 5.82 Å². The molecule has 3 rings (SSSR count). The molecule has 0 atom stereocenters. The van der Waals surface area contributed by atoms with Crippen LogP contribution in [0.2, 0.25) is 0 Å². The van der Waals surface area contributed by atoms with E-state index in [0.29, 0.717) is 18.4 Å². The lowest BCUT2D eigenvalue weighted by atomic mass is 9.99. The summed E-state index contributed by atoms with van der Waals surface area (Å²) in [4.78, 5) is 0. The van der Waals surface area contributed by atoms with Crippen molar-refractivity contribution >= 4 is 0 Å². The highest BCUT2D eigenvalue weighted by atomic mass is 19.2. The minimum absolute atomic E-state index is 0.100. The number of hydrogen-bond acceptors (Lipinski definition) is 2. The predicted octanol–water partition coefficient (Wildman–Crippen LogP) is 5.66. The molecule has 0 fully saturated rings. The molecule has 0 saturated carbocycles. The summed E-state index contributed by atoms with van der Waals surface area (Å²) in [6.45, 7) is 1.96. The summed E-state index contributed by atoms with van der Waals surface area (Å²) in [5, 5.41) is 9.22. The molecule has 2 nitrogen and oxygen atoms in total. The monoisotopic (exact) mass is 372 g/mol. The molecule has 1 N–H and O–H groups in total. The zero-order valence-corrected chi connectivity index (χ0v) is 14.8. The molecule has 0 aromatic heterocycles. The number of rotatable bonds is 6. The van der Waals surface area contributed by atoms with Crippen molar-refractivity contribution in [2.75, 3.05) is 6.61 Å². The number of ether oxygens (including phenoxy) is 1. The van der Waals surface area contributed by atoms with Crippen LogP contribution in [0.15, 0.2) is 54.6 Å². The summed E-state index contributed by atoms with van der Waals surface area (Å²) in [5.41, 5.74) is 2.49. The van der Waals surface area contributed by atoms with Gasteiger partial charge >= 0.3 is 0 Å². The first kappa shape index (κ1) is 18.8. The minimum Gasteiger partial charge on any atom is -0.505 e. The van der Waals surface area contributed by atoms with Crippen LogP contribution in [0.25, 0.3) is 11.1 Å². The molecule has 0 saturated heterocycles. The molecule has 0 radical (unpaired) electrons. The molecular formula is C22H19F3O2. The van der Waals surface area contributed by atoms with Crippen molar-refractivity contribution in [3.63, 3.8) is 0 Å². The van der Waals surface area contributed by atoms with E-state index in [1.54, 1.807) is 25.1 Å². The van der Waals surface area contributed by atoms with Gasteiger partial charge in [0.1, 0.15) is 0 Å². The Kier molecular flexibility index (Phi) is 5.69. The zero-order valence-electron chi connectivity index (χ0n) is 14.8. The third-order valence-electron chi connectivity index (χ3n) is 4.33. The maximum Gasteiger partial charge on any atom is 0.201 e. The number of hydrogen-bond donors (Lipinski definition) is 1. The predicted molar refractivity (Wildman–Crippen MR) is 98.4 cm³/mol. The maximum absolute atomic E-state index is 14.3. The van der Waals surface area contributed by atoms with Gasteiger partial charge in [0.15, 0.2) is 23.1 Å². The Labute approximate surface area is 155 Å². The molecule has 0 spiro atoms. The van der Waals surface area contributed by atoms with Gasteiger partial charge < -0.3 is 9.84 Å². The Balaban J connectivity index is 1.73. The number of halogens is 3. The largest absolute Gasteiger partial charge is 0.505 e. The standard InChI is InChI=1S/C22H19F3O2/c1-2-27-20-12-10-17(21(24)22(20)25)16-8-5-14(6-9-16)3-4-15-7-11-19(26)18(23)13-15/h5-13,26H,2-4H2,1H3. The van der Waals surface area contributed by atoms with Crippen molar-refractivity contribution in [3.8, 4) is 22.6 Å².